The first-order valence-electron chi connectivity index (χ1n) is 4.65. The zero-order valence-corrected chi connectivity index (χ0v) is 13.1. The average molecular weight is 425 g/mol. The van der Waals surface area contributed by atoms with Crippen molar-refractivity contribution < 1.29 is 9.13 Å². The zero-order chi connectivity index (χ0) is 12.4. The molecule has 1 nitrogen and oxygen atoms in total. The molecule has 0 saturated heterocycles. The summed E-state index contributed by atoms with van der Waals surface area (Å²) >= 11 is 9.91. The van der Waals surface area contributed by atoms with Gasteiger partial charge in [0.25, 0.3) is 0 Å². The van der Waals surface area contributed by atoms with Gasteiger partial charge in [-0.25, -0.2) is 4.39 Å². The van der Waals surface area contributed by atoms with Crippen LogP contribution in [0.4, 0.5) is 4.39 Å². The third kappa shape index (κ3) is 3.09. The van der Waals surface area contributed by atoms with Gasteiger partial charge in [0.1, 0.15) is 11.6 Å². The molecule has 0 aliphatic rings. The fourth-order valence-corrected chi connectivity index (χ4v) is 2.76. The summed E-state index contributed by atoms with van der Waals surface area (Å²) in [5, 5.41) is 0. The first-order chi connectivity index (χ1) is 8.08. The number of halogens is 4. The first-order valence-corrected chi connectivity index (χ1v) is 7.03. The monoisotopic (exact) mass is 422 g/mol. The summed E-state index contributed by atoms with van der Waals surface area (Å²) in [6.45, 7) is 0. The van der Waals surface area contributed by atoms with E-state index in [9.17, 15) is 4.39 Å². The van der Waals surface area contributed by atoms with Crippen molar-refractivity contribution in [3.05, 3.63) is 55.6 Å². The Morgan fingerprint density at radius 3 is 2.12 bits per heavy atom. The standard InChI is InChI=1S/C12H6Br3FO/c13-8-2-1-3-9(14)12(8)17-7-4-5-11(16)10(15)6-7/h1-6H. The number of para-hydroxylation sites is 1. The maximum Gasteiger partial charge on any atom is 0.155 e. The van der Waals surface area contributed by atoms with Crippen molar-refractivity contribution in [1.82, 2.24) is 0 Å². The van der Waals surface area contributed by atoms with E-state index in [4.69, 9.17) is 4.74 Å². The van der Waals surface area contributed by atoms with E-state index in [1.54, 1.807) is 12.1 Å². The van der Waals surface area contributed by atoms with Crippen LogP contribution in [0.3, 0.4) is 0 Å². The summed E-state index contributed by atoms with van der Waals surface area (Å²) in [5.41, 5.74) is 0. The highest BCUT2D eigenvalue weighted by Crippen LogP contribution is 2.37. The van der Waals surface area contributed by atoms with E-state index in [2.05, 4.69) is 47.8 Å². The zero-order valence-electron chi connectivity index (χ0n) is 8.38. The number of hydrogen-bond acceptors (Lipinski definition) is 1. The molecule has 0 aliphatic carbocycles. The minimum Gasteiger partial charge on any atom is -0.455 e. The lowest BCUT2D eigenvalue weighted by Crippen LogP contribution is -1.88. The van der Waals surface area contributed by atoms with Crippen LogP contribution >= 0.6 is 47.8 Å². The lowest BCUT2D eigenvalue weighted by atomic mass is 10.3. The molecule has 0 aromatic heterocycles. The van der Waals surface area contributed by atoms with E-state index in [1.165, 1.54) is 6.07 Å². The van der Waals surface area contributed by atoms with E-state index in [-0.39, 0.29) is 5.82 Å². The summed E-state index contributed by atoms with van der Waals surface area (Å²) in [6.07, 6.45) is 0. The van der Waals surface area contributed by atoms with Gasteiger partial charge in [-0.2, -0.15) is 0 Å². The SMILES string of the molecule is Fc1ccc(Oc2c(Br)cccc2Br)cc1Br. The number of hydrogen-bond donors (Lipinski definition) is 0. The molecule has 17 heavy (non-hydrogen) atoms. The molecular formula is C12H6Br3FO. The van der Waals surface area contributed by atoms with Gasteiger partial charge in [0.2, 0.25) is 0 Å². The van der Waals surface area contributed by atoms with Crippen molar-refractivity contribution in [1.29, 1.82) is 0 Å². The maximum absolute atomic E-state index is 13.1. The molecule has 0 unspecified atom stereocenters. The van der Waals surface area contributed by atoms with Crippen LogP contribution in [0.25, 0.3) is 0 Å². The molecule has 0 spiro atoms. The Bertz CT molecular complexity index is 537. The summed E-state index contributed by atoms with van der Waals surface area (Å²) in [4.78, 5) is 0. The summed E-state index contributed by atoms with van der Waals surface area (Å²) in [5.74, 6) is 0.903. The Labute approximate surface area is 123 Å². The molecule has 0 fully saturated rings. The van der Waals surface area contributed by atoms with E-state index < -0.39 is 0 Å². The van der Waals surface area contributed by atoms with Crippen LogP contribution in [0.5, 0.6) is 11.5 Å². The van der Waals surface area contributed by atoms with Crippen LogP contribution in [0.1, 0.15) is 0 Å². The van der Waals surface area contributed by atoms with Gasteiger partial charge >= 0.3 is 0 Å². The van der Waals surface area contributed by atoms with Gasteiger partial charge < -0.3 is 4.74 Å². The van der Waals surface area contributed by atoms with Crippen molar-refractivity contribution in [3.63, 3.8) is 0 Å². The smallest absolute Gasteiger partial charge is 0.155 e. The second-order valence-corrected chi connectivity index (χ2v) is 5.79. The van der Waals surface area contributed by atoms with Gasteiger partial charge in [-0.15, -0.1) is 0 Å². The molecule has 0 saturated carbocycles. The van der Waals surface area contributed by atoms with Crippen molar-refractivity contribution in [3.8, 4) is 11.5 Å². The predicted molar refractivity (Wildman–Crippen MR) is 76.0 cm³/mol. The van der Waals surface area contributed by atoms with Crippen LogP contribution in [0.15, 0.2) is 49.8 Å². The first kappa shape index (κ1) is 13.1. The molecule has 88 valence electrons. The molecule has 0 bridgehead atoms. The molecule has 2 aromatic rings. The molecule has 0 aliphatic heterocycles. The quantitative estimate of drug-likeness (QED) is 0.582. The number of benzene rings is 2. The third-order valence-electron chi connectivity index (χ3n) is 2.03. The normalized spacial score (nSPS) is 10.4. The van der Waals surface area contributed by atoms with Gasteiger partial charge in [0.05, 0.1) is 13.4 Å². The maximum atomic E-state index is 13.1. The van der Waals surface area contributed by atoms with Crippen LogP contribution in [0, 0.1) is 5.82 Å². The highest BCUT2D eigenvalue weighted by Gasteiger charge is 2.08. The highest BCUT2D eigenvalue weighted by atomic mass is 79.9. The molecule has 0 N–H and O–H groups in total. The topological polar surface area (TPSA) is 9.23 Å². The molecule has 2 rings (SSSR count). The molecular weight excluding hydrogens is 419 g/mol. The fourth-order valence-electron chi connectivity index (χ4n) is 1.24. The van der Waals surface area contributed by atoms with E-state index in [1.807, 2.05) is 18.2 Å². The lowest BCUT2D eigenvalue weighted by molar-refractivity contribution is 0.474. The molecule has 5 heteroatoms. The van der Waals surface area contributed by atoms with Crippen LogP contribution in [-0.2, 0) is 0 Å². The third-order valence-corrected chi connectivity index (χ3v) is 3.89. The Hall–Kier alpha value is -0.390. The Morgan fingerprint density at radius 1 is 0.882 bits per heavy atom. The van der Waals surface area contributed by atoms with Gasteiger partial charge in [-0.3, -0.25) is 0 Å². The second kappa shape index (κ2) is 5.50. The Kier molecular flexibility index (Phi) is 4.22. The predicted octanol–water partition coefficient (Wildman–Crippen LogP) is 5.91. The Morgan fingerprint density at radius 2 is 1.53 bits per heavy atom. The van der Waals surface area contributed by atoms with Gasteiger partial charge in [0.15, 0.2) is 5.75 Å². The number of ether oxygens (including phenoxy) is 1. The van der Waals surface area contributed by atoms with Crippen molar-refractivity contribution in [2.24, 2.45) is 0 Å². The minimum atomic E-state index is -0.316. The van der Waals surface area contributed by atoms with Gasteiger partial charge in [0, 0.05) is 0 Å². The lowest BCUT2D eigenvalue weighted by Gasteiger charge is -2.10. The second-order valence-electron chi connectivity index (χ2n) is 3.23. The molecule has 0 amide bonds. The summed E-state index contributed by atoms with van der Waals surface area (Å²) in [7, 11) is 0. The Balaban J connectivity index is 2.35. The van der Waals surface area contributed by atoms with Crippen molar-refractivity contribution in [2.45, 2.75) is 0 Å². The number of rotatable bonds is 2. The molecule has 0 radical (unpaired) electrons. The molecule has 2 aromatic carbocycles. The van der Waals surface area contributed by atoms with Crippen LogP contribution < -0.4 is 4.74 Å². The minimum absolute atomic E-state index is 0.316. The van der Waals surface area contributed by atoms with E-state index in [0.717, 1.165) is 8.95 Å². The molecule has 0 atom stereocenters. The van der Waals surface area contributed by atoms with Crippen LogP contribution in [-0.4, -0.2) is 0 Å². The van der Waals surface area contributed by atoms with E-state index in [0.29, 0.717) is 16.0 Å². The average Bonchev–Trinajstić information content (AvgIpc) is 2.28. The van der Waals surface area contributed by atoms with Crippen molar-refractivity contribution >= 4 is 47.8 Å². The highest BCUT2D eigenvalue weighted by molar-refractivity contribution is 9.11. The van der Waals surface area contributed by atoms with E-state index >= 15 is 0 Å². The molecule has 0 heterocycles. The van der Waals surface area contributed by atoms with Gasteiger partial charge in [-0.05, 0) is 78.1 Å². The summed E-state index contributed by atoms with van der Waals surface area (Å²) < 4.78 is 20.8. The van der Waals surface area contributed by atoms with Crippen molar-refractivity contribution in [2.75, 3.05) is 0 Å². The fraction of sp³-hybridized carbons (Fsp3) is 0. The summed E-state index contributed by atoms with van der Waals surface area (Å²) in [6, 6.07) is 10.1. The van der Waals surface area contributed by atoms with Crippen LogP contribution in [0.2, 0.25) is 0 Å². The van der Waals surface area contributed by atoms with Gasteiger partial charge in [-0.1, -0.05) is 6.07 Å². The largest absolute Gasteiger partial charge is 0.455 e.